The molecule has 1 aromatic heterocycles. The van der Waals surface area contributed by atoms with Gasteiger partial charge in [0.2, 0.25) is 5.91 Å². The summed E-state index contributed by atoms with van der Waals surface area (Å²) in [6.45, 7) is 6.77. The van der Waals surface area contributed by atoms with Gasteiger partial charge in [0.1, 0.15) is 11.6 Å². The molecule has 1 amide bonds. The second kappa shape index (κ2) is 12.4. The Hall–Kier alpha value is -3.15. The number of ether oxygens (including phenoxy) is 1. The van der Waals surface area contributed by atoms with Gasteiger partial charge in [-0.3, -0.25) is 14.2 Å². The summed E-state index contributed by atoms with van der Waals surface area (Å²) < 4.78 is 7.22. The number of rotatable bonds is 12. The summed E-state index contributed by atoms with van der Waals surface area (Å²) in [7, 11) is 1.59. The van der Waals surface area contributed by atoms with Gasteiger partial charge in [-0.2, -0.15) is 0 Å². The predicted octanol–water partition coefficient (Wildman–Crippen LogP) is 6.05. The van der Waals surface area contributed by atoms with Gasteiger partial charge in [-0.25, -0.2) is 4.98 Å². The number of methoxy groups -OCH3 is 1. The van der Waals surface area contributed by atoms with E-state index < -0.39 is 0 Å². The fraction of sp³-hybridized carbons (Fsp3) is 0.464. The van der Waals surface area contributed by atoms with Crippen molar-refractivity contribution in [1.82, 2.24) is 14.5 Å². The van der Waals surface area contributed by atoms with Crippen LogP contribution in [0.1, 0.15) is 77.6 Å². The Morgan fingerprint density at radius 2 is 1.71 bits per heavy atom. The lowest BCUT2D eigenvalue weighted by atomic mass is 10.1. The van der Waals surface area contributed by atoms with E-state index in [1.165, 1.54) is 12.8 Å². The number of hydrogen-bond donors (Lipinski definition) is 0. The number of amides is 1. The van der Waals surface area contributed by atoms with Gasteiger partial charge in [0.25, 0.3) is 5.56 Å². The molecule has 0 radical (unpaired) electrons. The molecular formula is C28H37N3O3. The highest BCUT2D eigenvalue weighted by molar-refractivity contribution is 5.79. The van der Waals surface area contributed by atoms with Crippen LogP contribution in [0.2, 0.25) is 0 Å². The SMILES string of the molecule is CCCCCCCC(=O)N(CC)C(CC)c1nc2ccccc2c(=O)n1-c1ccccc1OC. The van der Waals surface area contributed by atoms with Crippen molar-refractivity contribution < 1.29 is 9.53 Å². The van der Waals surface area contributed by atoms with E-state index in [0.29, 0.717) is 47.6 Å². The molecule has 1 unspecified atom stereocenters. The highest BCUT2D eigenvalue weighted by Gasteiger charge is 2.28. The van der Waals surface area contributed by atoms with Crippen molar-refractivity contribution in [3.63, 3.8) is 0 Å². The normalized spacial score (nSPS) is 12.0. The number of para-hydroxylation sites is 3. The summed E-state index contributed by atoms with van der Waals surface area (Å²) in [5.74, 6) is 1.26. The van der Waals surface area contributed by atoms with Gasteiger partial charge in [-0.1, -0.05) is 63.8 Å². The van der Waals surface area contributed by atoms with Crippen molar-refractivity contribution >= 4 is 16.8 Å². The Morgan fingerprint density at radius 1 is 1.00 bits per heavy atom. The van der Waals surface area contributed by atoms with Crippen LogP contribution in [0.5, 0.6) is 5.75 Å². The van der Waals surface area contributed by atoms with Crippen molar-refractivity contribution in [2.45, 2.75) is 71.8 Å². The minimum atomic E-state index is -0.324. The van der Waals surface area contributed by atoms with E-state index >= 15 is 0 Å². The molecule has 2 aromatic carbocycles. The van der Waals surface area contributed by atoms with E-state index in [2.05, 4.69) is 6.92 Å². The van der Waals surface area contributed by atoms with Crippen LogP contribution < -0.4 is 10.3 Å². The third-order valence-electron chi connectivity index (χ3n) is 6.34. The molecule has 0 aliphatic carbocycles. The van der Waals surface area contributed by atoms with E-state index in [1.54, 1.807) is 17.7 Å². The van der Waals surface area contributed by atoms with Gasteiger partial charge in [-0.05, 0) is 44.0 Å². The maximum atomic E-state index is 13.8. The Kier molecular flexibility index (Phi) is 9.25. The fourth-order valence-electron chi connectivity index (χ4n) is 4.56. The van der Waals surface area contributed by atoms with Gasteiger partial charge in [0.05, 0.1) is 29.7 Å². The molecule has 0 aliphatic heterocycles. The summed E-state index contributed by atoms with van der Waals surface area (Å²) in [6, 6.07) is 14.5. The molecule has 1 heterocycles. The predicted molar refractivity (Wildman–Crippen MR) is 138 cm³/mol. The molecule has 0 saturated carbocycles. The average molecular weight is 464 g/mol. The van der Waals surface area contributed by atoms with Crippen LogP contribution in [0.3, 0.4) is 0 Å². The quantitative estimate of drug-likeness (QED) is 0.307. The fourth-order valence-corrected chi connectivity index (χ4v) is 4.56. The number of fused-ring (bicyclic) bond motifs is 1. The summed E-state index contributed by atoms with van der Waals surface area (Å²) >= 11 is 0. The highest BCUT2D eigenvalue weighted by Crippen LogP contribution is 2.30. The Labute approximate surface area is 202 Å². The Bertz CT molecular complexity index is 1160. The Balaban J connectivity index is 2.10. The third kappa shape index (κ3) is 5.49. The first-order chi connectivity index (χ1) is 16.6. The molecule has 0 bridgehead atoms. The molecule has 6 nitrogen and oxygen atoms in total. The molecule has 3 aromatic rings. The Morgan fingerprint density at radius 3 is 2.41 bits per heavy atom. The third-order valence-corrected chi connectivity index (χ3v) is 6.34. The van der Waals surface area contributed by atoms with Crippen LogP contribution in [0, 0.1) is 0 Å². The van der Waals surface area contributed by atoms with E-state index in [1.807, 2.05) is 61.2 Å². The van der Waals surface area contributed by atoms with E-state index in [4.69, 9.17) is 9.72 Å². The number of aromatic nitrogens is 2. The molecule has 1 atom stereocenters. The van der Waals surface area contributed by atoms with Crippen molar-refractivity contribution in [1.29, 1.82) is 0 Å². The smallest absolute Gasteiger partial charge is 0.266 e. The van der Waals surface area contributed by atoms with Gasteiger partial charge < -0.3 is 9.64 Å². The zero-order valence-corrected chi connectivity index (χ0v) is 20.9. The first-order valence-corrected chi connectivity index (χ1v) is 12.5. The van der Waals surface area contributed by atoms with Gasteiger partial charge in [0.15, 0.2) is 0 Å². The molecule has 34 heavy (non-hydrogen) atoms. The van der Waals surface area contributed by atoms with Crippen LogP contribution in [-0.2, 0) is 4.79 Å². The molecule has 3 rings (SSSR count). The summed E-state index contributed by atoms with van der Waals surface area (Å²) in [5, 5.41) is 0.539. The van der Waals surface area contributed by atoms with E-state index in [-0.39, 0.29) is 17.5 Å². The lowest BCUT2D eigenvalue weighted by Gasteiger charge is -2.32. The maximum Gasteiger partial charge on any atom is 0.266 e. The van der Waals surface area contributed by atoms with Crippen molar-refractivity contribution in [2.24, 2.45) is 0 Å². The minimum absolute atomic E-state index is 0.111. The van der Waals surface area contributed by atoms with Crippen LogP contribution in [0.4, 0.5) is 0 Å². The van der Waals surface area contributed by atoms with Crippen molar-refractivity contribution in [3.05, 3.63) is 64.7 Å². The summed E-state index contributed by atoms with van der Waals surface area (Å²) in [5.41, 5.74) is 1.10. The minimum Gasteiger partial charge on any atom is -0.495 e. The second-order valence-corrected chi connectivity index (χ2v) is 8.57. The molecular weight excluding hydrogens is 426 g/mol. The second-order valence-electron chi connectivity index (χ2n) is 8.57. The van der Waals surface area contributed by atoms with Gasteiger partial charge >= 0.3 is 0 Å². The van der Waals surface area contributed by atoms with Gasteiger partial charge in [-0.15, -0.1) is 0 Å². The summed E-state index contributed by atoms with van der Waals surface area (Å²) in [4.78, 5) is 33.9. The lowest BCUT2D eigenvalue weighted by Crippen LogP contribution is -2.38. The number of hydrogen-bond acceptors (Lipinski definition) is 4. The molecule has 182 valence electrons. The van der Waals surface area contributed by atoms with Gasteiger partial charge in [0, 0.05) is 13.0 Å². The molecule has 0 aliphatic rings. The number of unbranched alkanes of at least 4 members (excludes halogenated alkanes) is 4. The molecule has 6 heteroatoms. The standard InChI is InChI=1S/C28H37N3O3/c1-5-8-9-10-11-20-26(32)30(7-3)23(6-2)27-29-22-17-13-12-16-21(22)28(33)31(27)24-18-14-15-19-25(24)34-4/h12-19,23H,5-11,20H2,1-4H3. The topological polar surface area (TPSA) is 64.4 Å². The lowest BCUT2D eigenvalue weighted by molar-refractivity contribution is -0.133. The zero-order valence-electron chi connectivity index (χ0n) is 20.9. The largest absolute Gasteiger partial charge is 0.495 e. The molecule has 0 saturated heterocycles. The first kappa shape index (κ1) is 25.5. The molecule has 0 spiro atoms. The number of carbonyl (C=O) groups excluding carboxylic acids is 1. The van der Waals surface area contributed by atoms with E-state index in [9.17, 15) is 9.59 Å². The maximum absolute atomic E-state index is 13.8. The molecule has 0 N–H and O–H groups in total. The first-order valence-electron chi connectivity index (χ1n) is 12.5. The number of benzene rings is 2. The number of nitrogens with zero attached hydrogens (tertiary/aromatic N) is 3. The van der Waals surface area contributed by atoms with Crippen LogP contribution in [0.25, 0.3) is 16.6 Å². The number of carbonyl (C=O) groups is 1. The average Bonchev–Trinajstić information content (AvgIpc) is 2.87. The summed E-state index contributed by atoms with van der Waals surface area (Å²) in [6.07, 6.45) is 6.66. The van der Waals surface area contributed by atoms with Crippen LogP contribution >= 0.6 is 0 Å². The van der Waals surface area contributed by atoms with Crippen LogP contribution in [-0.4, -0.2) is 34.0 Å². The zero-order chi connectivity index (χ0) is 24.5. The monoisotopic (exact) mass is 463 g/mol. The van der Waals surface area contributed by atoms with Crippen molar-refractivity contribution in [2.75, 3.05) is 13.7 Å². The molecule has 0 fully saturated rings. The van der Waals surface area contributed by atoms with Crippen LogP contribution in [0.15, 0.2) is 53.3 Å². The van der Waals surface area contributed by atoms with E-state index in [0.717, 1.165) is 19.3 Å². The highest BCUT2D eigenvalue weighted by atomic mass is 16.5. The van der Waals surface area contributed by atoms with Crippen molar-refractivity contribution in [3.8, 4) is 11.4 Å².